The number of nitrogens with one attached hydrogen (secondary N) is 2. The van der Waals surface area contributed by atoms with Gasteiger partial charge in [-0.15, -0.1) is 0 Å². The number of alkyl halides is 3. The average molecular weight is 669 g/mol. The number of nitro groups is 1. The standard InChI is InChI=1S/C27H20ClF3N4O7S2/c28-25-15-8-19(16-24(25)27(29,30)31)33-43(39,40)22-13-6-18(7-14-22)32-26(36)17-34(20-9-11-21(12-10-20)35(37)38)44(41,42)23-4-2-1-3-5-23/h1-16,33H,17H2,(H,32,36). The van der Waals surface area contributed by atoms with Gasteiger partial charge in [-0.05, 0) is 66.7 Å². The minimum absolute atomic E-state index is 0.0296. The third-order valence-electron chi connectivity index (χ3n) is 5.94. The van der Waals surface area contributed by atoms with E-state index in [-0.39, 0.29) is 32.5 Å². The van der Waals surface area contributed by atoms with E-state index in [2.05, 4.69) is 5.32 Å². The molecule has 0 bridgehead atoms. The van der Waals surface area contributed by atoms with Crippen molar-refractivity contribution in [2.24, 2.45) is 0 Å². The fourth-order valence-corrected chi connectivity index (χ4v) is 6.56. The maximum atomic E-state index is 13.4. The largest absolute Gasteiger partial charge is 0.417 e. The number of carbonyl (C=O) groups is 1. The predicted molar refractivity (Wildman–Crippen MR) is 156 cm³/mol. The van der Waals surface area contributed by atoms with Crippen molar-refractivity contribution >= 4 is 60.3 Å². The van der Waals surface area contributed by atoms with Crippen LogP contribution in [0.5, 0.6) is 0 Å². The normalized spacial score (nSPS) is 11.9. The maximum absolute atomic E-state index is 13.4. The van der Waals surface area contributed by atoms with Crippen LogP contribution in [0.25, 0.3) is 0 Å². The molecule has 44 heavy (non-hydrogen) atoms. The van der Waals surface area contributed by atoms with E-state index in [1.54, 1.807) is 6.07 Å². The number of anilines is 3. The molecule has 0 saturated carbocycles. The lowest BCUT2D eigenvalue weighted by Gasteiger charge is -2.24. The van der Waals surface area contributed by atoms with Crippen molar-refractivity contribution in [1.29, 1.82) is 0 Å². The van der Waals surface area contributed by atoms with E-state index in [0.29, 0.717) is 6.07 Å². The molecule has 0 spiro atoms. The van der Waals surface area contributed by atoms with Crippen LogP contribution in [0.4, 0.5) is 35.9 Å². The lowest BCUT2D eigenvalue weighted by molar-refractivity contribution is -0.384. The van der Waals surface area contributed by atoms with Gasteiger partial charge in [0.05, 0.1) is 31.0 Å². The van der Waals surface area contributed by atoms with Crippen LogP contribution in [0, 0.1) is 10.1 Å². The Hall–Kier alpha value is -4.67. The highest BCUT2D eigenvalue weighted by atomic mass is 35.5. The SMILES string of the molecule is O=C(CN(c1ccc([N+](=O)[O-])cc1)S(=O)(=O)c1ccccc1)Nc1ccc(S(=O)(=O)Nc2ccc(Cl)c(C(F)(F)F)c2)cc1. The molecule has 17 heteroatoms. The van der Waals surface area contributed by atoms with Crippen molar-refractivity contribution in [1.82, 2.24) is 0 Å². The zero-order chi connectivity index (χ0) is 32.3. The van der Waals surface area contributed by atoms with Gasteiger partial charge in [0.15, 0.2) is 0 Å². The monoisotopic (exact) mass is 668 g/mol. The quantitative estimate of drug-likeness (QED) is 0.157. The summed E-state index contributed by atoms with van der Waals surface area (Å²) in [7, 11) is -8.67. The molecule has 0 unspecified atom stereocenters. The van der Waals surface area contributed by atoms with Gasteiger partial charge in [-0.1, -0.05) is 29.8 Å². The van der Waals surface area contributed by atoms with Gasteiger partial charge < -0.3 is 5.32 Å². The first-order chi connectivity index (χ1) is 20.6. The number of nitro benzene ring substituents is 1. The summed E-state index contributed by atoms with van der Waals surface area (Å²) in [5.74, 6) is -0.836. The van der Waals surface area contributed by atoms with Crippen LogP contribution in [0.15, 0.2) is 107 Å². The molecule has 0 aliphatic heterocycles. The summed E-state index contributed by atoms with van der Waals surface area (Å²) in [6.07, 6.45) is -4.81. The summed E-state index contributed by atoms with van der Waals surface area (Å²) >= 11 is 5.58. The summed E-state index contributed by atoms with van der Waals surface area (Å²) in [5.41, 5.74) is -1.87. The van der Waals surface area contributed by atoms with Gasteiger partial charge in [-0.25, -0.2) is 16.8 Å². The Kier molecular flexibility index (Phi) is 9.17. The number of hydrogen-bond acceptors (Lipinski definition) is 7. The number of rotatable bonds is 10. The van der Waals surface area contributed by atoms with E-state index < -0.39 is 54.2 Å². The highest BCUT2D eigenvalue weighted by Crippen LogP contribution is 2.36. The number of hydrogen-bond donors (Lipinski definition) is 2. The summed E-state index contributed by atoms with van der Waals surface area (Å²) in [6, 6.07) is 18.8. The number of non-ortho nitro benzene ring substituents is 1. The summed E-state index contributed by atoms with van der Waals surface area (Å²) in [6.45, 7) is -0.755. The summed E-state index contributed by atoms with van der Waals surface area (Å²) in [5, 5.41) is 12.9. The lowest BCUT2D eigenvalue weighted by atomic mass is 10.2. The van der Waals surface area contributed by atoms with E-state index in [0.717, 1.165) is 40.7 Å². The number of amides is 1. The third-order valence-corrected chi connectivity index (χ3v) is 9.45. The second-order valence-corrected chi connectivity index (χ2v) is 12.9. The van der Waals surface area contributed by atoms with E-state index >= 15 is 0 Å². The second kappa shape index (κ2) is 12.5. The van der Waals surface area contributed by atoms with Gasteiger partial charge in [-0.3, -0.25) is 23.9 Å². The lowest BCUT2D eigenvalue weighted by Crippen LogP contribution is -2.38. The Morgan fingerprint density at radius 1 is 0.841 bits per heavy atom. The van der Waals surface area contributed by atoms with Crippen molar-refractivity contribution in [3.63, 3.8) is 0 Å². The van der Waals surface area contributed by atoms with Gasteiger partial charge >= 0.3 is 6.18 Å². The highest BCUT2D eigenvalue weighted by Gasteiger charge is 2.34. The van der Waals surface area contributed by atoms with Crippen LogP contribution < -0.4 is 14.3 Å². The Morgan fingerprint density at radius 2 is 1.43 bits per heavy atom. The van der Waals surface area contributed by atoms with Crippen molar-refractivity contribution in [2.45, 2.75) is 16.0 Å². The van der Waals surface area contributed by atoms with Gasteiger partial charge in [0.1, 0.15) is 6.54 Å². The van der Waals surface area contributed by atoms with Gasteiger partial charge in [0, 0.05) is 23.5 Å². The van der Waals surface area contributed by atoms with Crippen molar-refractivity contribution in [3.8, 4) is 0 Å². The maximum Gasteiger partial charge on any atom is 0.417 e. The van der Waals surface area contributed by atoms with E-state index in [4.69, 9.17) is 11.6 Å². The van der Waals surface area contributed by atoms with Gasteiger partial charge in [-0.2, -0.15) is 13.2 Å². The van der Waals surface area contributed by atoms with Gasteiger partial charge in [0.2, 0.25) is 5.91 Å². The van der Waals surface area contributed by atoms with Crippen LogP contribution in [-0.2, 0) is 31.0 Å². The van der Waals surface area contributed by atoms with E-state index in [1.165, 1.54) is 48.5 Å². The molecule has 4 rings (SSSR count). The predicted octanol–water partition coefficient (Wildman–Crippen LogP) is 5.90. The molecule has 4 aromatic carbocycles. The zero-order valence-corrected chi connectivity index (χ0v) is 24.4. The van der Waals surface area contributed by atoms with Crippen LogP contribution >= 0.6 is 11.6 Å². The first-order valence-corrected chi connectivity index (χ1v) is 15.5. The smallest absolute Gasteiger partial charge is 0.325 e. The Labute approximate surface area is 254 Å². The number of nitrogens with zero attached hydrogens (tertiary/aromatic N) is 2. The molecule has 0 aliphatic rings. The topological polar surface area (TPSA) is 156 Å². The van der Waals surface area contributed by atoms with Crippen molar-refractivity contribution in [2.75, 3.05) is 20.9 Å². The molecule has 0 radical (unpaired) electrons. The molecule has 0 aliphatic carbocycles. The molecule has 1 amide bonds. The molecule has 0 aromatic heterocycles. The zero-order valence-electron chi connectivity index (χ0n) is 22.0. The fourth-order valence-electron chi connectivity index (χ4n) is 3.84. The Morgan fingerprint density at radius 3 is 2.00 bits per heavy atom. The first kappa shape index (κ1) is 32.2. The summed E-state index contributed by atoms with van der Waals surface area (Å²) < 4.78 is 94.6. The molecule has 0 saturated heterocycles. The molecule has 0 atom stereocenters. The van der Waals surface area contributed by atoms with E-state index in [9.17, 15) is 44.9 Å². The van der Waals surface area contributed by atoms with Gasteiger partial charge in [0.25, 0.3) is 25.7 Å². The van der Waals surface area contributed by atoms with E-state index in [1.807, 2.05) is 4.72 Å². The Balaban J connectivity index is 1.53. The minimum Gasteiger partial charge on any atom is -0.325 e. The minimum atomic E-state index is -4.81. The number of sulfonamides is 2. The van der Waals surface area contributed by atoms with Crippen molar-refractivity contribution in [3.05, 3.63) is 118 Å². The number of carbonyl (C=O) groups excluding carboxylic acids is 1. The molecule has 0 fully saturated rings. The van der Waals surface area contributed by atoms with Crippen LogP contribution in [0.1, 0.15) is 5.56 Å². The fraction of sp³-hybridized carbons (Fsp3) is 0.0741. The first-order valence-electron chi connectivity index (χ1n) is 12.2. The molecule has 11 nitrogen and oxygen atoms in total. The molecule has 230 valence electrons. The number of benzene rings is 4. The second-order valence-electron chi connectivity index (χ2n) is 8.97. The molecular weight excluding hydrogens is 649 g/mol. The summed E-state index contributed by atoms with van der Waals surface area (Å²) in [4.78, 5) is 22.8. The number of halogens is 4. The molecular formula is C27H20ClF3N4O7S2. The average Bonchev–Trinajstić information content (AvgIpc) is 2.97. The van der Waals surface area contributed by atoms with Crippen LogP contribution in [-0.4, -0.2) is 34.2 Å². The molecule has 4 aromatic rings. The molecule has 2 N–H and O–H groups in total. The van der Waals surface area contributed by atoms with Crippen molar-refractivity contribution < 1.29 is 39.7 Å². The van der Waals surface area contributed by atoms with Crippen LogP contribution in [0.3, 0.4) is 0 Å². The highest BCUT2D eigenvalue weighted by molar-refractivity contribution is 7.93. The van der Waals surface area contributed by atoms with Crippen LogP contribution in [0.2, 0.25) is 5.02 Å². The molecule has 0 heterocycles. The third kappa shape index (κ3) is 7.45. The Bertz CT molecular complexity index is 1910.